The summed E-state index contributed by atoms with van der Waals surface area (Å²) >= 11 is 5.82. The molecule has 0 saturated heterocycles. The molecule has 0 radical (unpaired) electrons. The van der Waals surface area contributed by atoms with Crippen LogP contribution in [0.25, 0.3) is 11.3 Å². The summed E-state index contributed by atoms with van der Waals surface area (Å²) in [6, 6.07) is 5.65. The fourth-order valence-electron chi connectivity index (χ4n) is 0.971. The molecular weight excluding hydrogens is 174 g/mol. The Labute approximate surface area is 74.4 Å². The molecule has 2 aromatic heterocycles. The molecule has 2 heterocycles. The van der Waals surface area contributed by atoms with Crippen molar-refractivity contribution in [3.8, 4) is 11.3 Å². The predicted octanol–water partition coefficient (Wildman–Crippen LogP) is 2.13. The lowest BCUT2D eigenvalue weighted by molar-refractivity contribution is 1.09. The van der Waals surface area contributed by atoms with Gasteiger partial charge in [-0.15, -0.1) is 0 Å². The van der Waals surface area contributed by atoms with E-state index in [0.717, 1.165) is 11.3 Å². The van der Waals surface area contributed by atoms with Crippen molar-refractivity contribution in [1.82, 2.24) is 15.2 Å². The third-order valence-electron chi connectivity index (χ3n) is 1.53. The van der Waals surface area contributed by atoms with E-state index in [1.54, 1.807) is 12.4 Å². The van der Waals surface area contributed by atoms with E-state index in [-0.39, 0.29) is 0 Å². The fraction of sp³-hybridized carbons (Fsp3) is 0. The molecule has 0 unspecified atom stereocenters. The van der Waals surface area contributed by atoms with E-state index in [1.165, 1.54) is 0 Å². The van der Waals surface area contributed by atoms with Gasteiger partial charge in [0.15, 0.2) is 0 Å². The van der Waals surface area contributed by atoms with Crippen LogP contribution in [0.4, 0.5) is 0 Å². The number of pyridine rings is 1. The van der Waals surface area contributed by atoms with Gasteiger partial charge in [0.05, 0.1) is 17.5 Å². The summed E-state index contributed by atoms with van der Waals surface area (Å²) in [6.45, 7) is 0. The minimum absolute atomic E-state index is 0.522. The second-order valence-corrected chi connectivity index (χ2v) is 2.69. The third-order valence-corrected chi connectivity index (χ3v) is 1.82. The number of nitrogens with one attached hydrogen (secondary N) is 1. The Morgan fingerprint density at radius 2 is 2.25 bits per heavy atom. The van der Waals surface area contributed by atoms with Crippen molar-refractivity contribution in [1.29, 1.82) is 0 Å². The van der Waals surface area contributed by atoms with Crippen LogP contribution in [-0.4, -0.2) is 15.2 Å². The van der Waals surface area contributed by atoms with Crippen molar-refractivity contribution < 1.29 is 0 Å². The first kappa shape index (κ1) is 7.31. The van der Waals surface area contributed by atoms with Crippen LogP contribution in [0, 0.1) is 0 Å². The summed E-state index contributed by atoms with van der Waals surface area (Å²) in [5.41, 5.74) is 1.66. The number of H-pyrrole nitrogens is 1. The van der Waals surface area contributed by atoms with Crippen molar-refractivity contribution in [2.24, 2.45) is 0 Å². The molecule has 0 aliphatic rings. The van der Waals surface area contributed by atoms with Gasteiger partial charge in [0.1, 0.15) is 5.15 Å². The van der Waals surface area contributed by atoms with Gasteiger partial charge in [-0.2, -0.15) is 5.10 Å². The van der Waals surface area contributed by atoms with E-state index in [0.29, 0.717) is 5.15 Å². The summed E-state index contributed by atoms with van der Waals surface area (Å²) < 4.78 is 0. The average Bonchev–Trinajstić information content (AvgIpc) is 2.53. The summed E-state index contributed by atoms with van der Waals surface area (Å²) in [4.78, 5) is 4.14. The molecule has 60 valence electrons. The molecule has 4 heteroatoms. The first-order chi connectivity index (χ1) is 5.88. The van der Waals surface area contributed by atoms with E-state index in [2.05, 4.69) is 15.2 Å². The molecule has 2 aromatic rings. The minimum atomic E-state index is 0.522. The molecule has 0 saturated carbocycles. The zero-order valence-corrected chi connectivity index (χ0v) is 6.92. The van der Waals surface area contributed by atoms with Crippen molar-refractivity contribution in [2.45, 2.75) is 0 Å². The van der Waals surface area contributed by atoms with Crippen LogP contribution in [0.5, 0.6) is 0 Å². The lowest BCUT2D eigenvalue weighted by Gasteiger charge is -1.94. The highest BCUT2D eigenvalue weighted by molar-refractivity contribution is 6.31. The number of nitrogens with zero attached hydrogens (tertiary/aromatic N) is 2. The lowest BCUT2D eigenvalue weighted by Crippen LogP contribution is -1.78. The highest BCUT2D eigenvalue weighted by Gasteiger charge is 2.04. The molecule has 0 aliphatic heterocycles. The third kappa shape index (κ3) is 1.19. The minimum Gasteiger partial charge on any atom is -0.267 e. The molecule has 12 heavy (non-hydrogen) atoms. The van der Waals surface area contributed by atoms with Gasteiger partial charge < -0.3 is 0 Å². The highest BCUT2D eigenvalue weighted by Crippen LogP contribution is 2.22. The molecule has 0 aliphatic carbocycles. The summed E-state index contributed by atoms with van der Waals surface area (Å²) in [6.07, 6.45) is 3.38. The molecule has 3 nitrogen and oxygen atoms in total. The standard InChI is InChI=1S/C8H6ClN3/c9-8-6(5-11-12-8)7-3-1-2-4-10-7/h1-5H,(H,11,12). The molecule has 1 N–H and O–H groups in total. The van der Waals surface area contributed by atoms with E-state index < -0.39 is 0 Å². The summed E-state index contributed by atoms with van der Waals surface area (Å²) in [7, 11) is 0. The molecule has 0 amide bonds. The normalized spacial score (nSPS) is 10.1. The first-order valence-electron chi connectivity index (χ1n) is 3.48. The summed E-state index contributed by atoms with van der Waals surface area (Å²) in [5, 5.41) is 6.97. The maximum absolute atomic E-state index is 5.82. The van der Waals surface area contributed by atoms with Crippen LogP contribution in [0.2, 0.25) is 5.15 Å². The maximum Gasteiger partial charge on any atom is 0.133 e. The molecule has 2 rings (SSSR count). The van der Waals surface area contributed by atoms with Crippen LogP contribution < -0.4 is 0 Å². The van der Waals surface area contributed by atoms with E-state index >= 15 is 0 Å². The lowest BCUT2D eigenvalue weighted by atomic mass is 10.2. The van der Waals surface area contributed by atoms with Gasteiger partial charge in [-0.3, -0.25) is 10.1 Å². The quantitative estimate of drug-likeness (QED) is 0.729. The van der Waals surface area contributed by atoms with Gasteiger partial charge in [-0.05, 0) is 12.1 Å². The molecule has 0 atom stereocenters. The van der Waals surface area contributed by atoms with Gasteiger partial charge in [0.2, 0.25) is 0 Å². The Balaban J connectivity index is 2.51. The monoisotopic (exact) mass is 179 g/mol. The predicted molar refractivity (Wildman–Crippen MR) is 46.8 cm³/mol. The fourth-order valence-corrected chi connectivity index (χ4v) is 1.17. The number of halogens is 1. The Bertz CT molecular complexity index is 369. The maximum atomic E-state index is 5.82. The van der Waals surface area contributed by atoms with Crippen LogP contribution in [0.15, 0.2) is 30.6 Å². The molecule has 0 aromatic carbocycles. The van der Waals surface area contributed by atoms with E-state index in [9.17, 15) is 0 Å². The van der Waals surface area contributed by atoms with Crippen molar-refractivity contribution in [3.05, 3.63) is 35.7 Å². The smallest absolute Gasteiger partial charge is 0.133 e. The van der Waals surface area contributed by atoms with Crippen LogP contribution in [0.3, 0.4) is 0 Å². The molecule has 0 spiro atoms. The Morgan fingerprint density at radius 3 is 2.83 bits per heavy atom. The van der Waals surface area contributed by atoms with Crippen molar-refractivity contribution >= 4 is 11.6 Å². The van der Waals surface area contributed by atoms with Gasteiger partial charge in [0.25, 0.3) is 0 Å². The van der Waals surface area contributed by atoms with Gasteiger partial charge in [-0.25, -0.2) is 0 Å². The van der Waals surface area contributed by atoms with E-state index in [4.69, 9.17) is 11.6 Å². The molecular formula is C8H6ClN3. The Morgan fingerprint density at radius 1 is 1.33 bits per heavy atom. The number of hydrogen-bond donors (Lipinski definition) is 1. The van der Waals surface area contributed by atoms with Gasteiger partial charge in [0, 0.05) is 6.20 Å². The SMILES string of the molecule is Clc1[nH]ncc1-c1ccccn1. The van der Waals surface area contributed by atoms with Crippen molar-refractivity contribution in [2.75, 3.05) is 0 Å². The number of rotatable bonds is 1. The zero-order chi connectivity index (χ0) is 8.39. The van der Waals surface area contributed by atoms with Crippen LogP contribution in [-0.2, 0) is 0 Å². The van der Waals surface area contributed by atoms with E-state index in [1.807, 2.05) is 18.2 Å². The average molecular weight is 180 g/mol. The molecule has 0 fully saturated rings. The number of aromatic nitrogens is 3. The Hall–Kier alpha value is -1.35. The van der Waals surface area contributed by atoms with Crippen molar-refractivity contribution in [3.63, 3.8) is 0 Å². The highest BCUT2D eigenvalue weighted by atomic mass is 35.5. The van der Waals surface area contributed by atoms with Crippen LogP contribution >= 0.6 is 11.6 Å². The summed E-state index contributed by atoms with van der Waals surface area (Å²) in [5.74, 6) is 0. The molecule has 0 bridgehead atoms. The second-order valence-electron chi connectivity index (χ2n) is 2.31. The van der Waals surface area contributed by atoms with Crippen LogP contribution in [0.1, 0.15) is 0 Å². The Kier molecular flexibility index (Phi) is 1.80. The first-order valence-corrected chi connectivity index (χ1v) is 3.86. The number of hydrogen-bond acceptors (Lipinski definition) is 2. The topological polar surface area (TPSA) is 41.6 Å². The van der Waals surface area contributed by atoms with Gasteiger partial charge >= 0.3 is 0 Å². The number of aromatic amines is 1. The largest absolute Gasteiger partial charge is 0.267 e. The second kappa shape index (κ2) is 2.95. The van der Waals surface area contributed by atoms with Gasteiger partial charge in [-0.1, -0.05) is 17.7 Å². The zero-order valence-electron chi connectivity index (χ0n) is 6.16.